The quantitative estimate of drug-likeness (QED) is 0.595. The van der Waals surface area contributed by atoms with Gasteiger partial charge in [0.25, 0.3) is 0 Å². The lowest BCUT2D eigenvalue weighted by atomic mass is 9.90. The normalized spacial score (nSPS) is 31.8. The maximum absolute atomic E-state index is 12.5. The van der Waals surface area contributed by atoms with Gasteiger partial charge in [-0.15, -0.1) is 0 Å². The first-order valence-corrected chi connectivity index (χ1v) is 4.22. The summed E-state index contributed by atoms with van der Waals surface area (Å²) in [4.78, 5) is 0. The molecule has 1 aliphatic rings. The number of halogens is 1. The molecule has 0 spiro atoms. The smallest absolute Gasteiger partial charge is 0.115 e. The number of alkyl halides is 1. The Bertz CT molecular complexity index is 95.3. The zero-order chi connectivity index (χ0) is 7.40. The van der Waals surface area contributed by atoms with Gasteiger partial charge < -0.3 is 5.32 Å². The van der Waals surface area contributed by atoms with Crippen LogP contribution in [0.4, 0.5) is 4.39 Å². The van der Waals surface area contributed by atoms with E-state index in [1.165, 1.54) is 12.8 Å². The maximum atomic E-state index is 12.5. The van der Waals surface area contributed by atoms with E-state index in [0.717, 1.165) is 19.4 Å². The van der Waals surface area contributed by atoms with Gasteiger partial charge in [0.05, 0.1) is 0 Å². The average molecular weight is 145 g/mol. The first kappa shape index (κ1) is 7.99. The molecule has 1 rings (SSSR count). The van der Waals surface area contributed by atoms with Gasteiger partial charge in [-0.3, -0.25) is 0 Å². The van der Waals surface area contributed by atoms with Crippen molar-refractivity contribution in [1.82, 2.24) is 5.32 Å². The number of unbranched alkanes of at least 4 members (excludes halogenated alkanes) is 1. The van der Waals surface area contributed by atoms with Crippen LogP contribution >= 0.6 is 0 Å². The van der Waals surface area contributed by atoms with Crippen LogP contribution in [0, 0.1) is 0 Å². The predicted molar refractivity (Wildman–Crippen MR) is 40.8 cm³/mol. The summed E-state index contributed by atoms with van der Waals surface area (Å²) >= 11 is 0. The van der Waals surface area contributed by atoms with E-state index in [4.69, 9.17) is 0 Å². The molecule has 0 aliphatic heterocycles. The summed E-state index contributed by atoms with van der Waals surface area (Å²) in [5.41, 5.74) is 0. The summed E-state index contributed by atoms with van der Waals surface area (Å²) < 4.78 is 12.5. The molecule has 1 fully saturated rings. The van der Waals surface area contributed by atoms with Crippen LogP contribution in [-0.4, -0.2) is 18.8 Å². The second kappa shape index (κ2) is 3.91. The lowest BCUT2D eigenvalue weighted by Gasteiger charge is -2.31. The summed E-state index contributed by atoms with van der Waals surface area (Å²) in [6.07, 6.45) is 3.60. The summed E-state index contributed by atoms with van der Waals surface area (Å²) in [5, 5.41) is 3.19. The molecule has 1 nitrogen and oxygen atoms in total. The lowest BCUT2D eigenvalue weighted by Crippen LogP contribution is -2.45. The molecule has 1 aliphatic carbocycles. The highest BCUT2D eigenvalue weighted by Gasteiger charge is 2.29. The number of nitrogens with one attached hydrogen (secondary N) is 1. The minimum absolute atomic E-state index is 0.187. The van der Waals surface area contributed by atoms with Crippen LogP contribution in [0.1, 0.15) is 32.6 Å². The Morgan fingerprint density at radius 1 is 1.50 bits per heavy atom. The Balaban J connectivity index is 1.92. The summed E-state index contributed by atoms with van der Waals surface area (Å²) in [7, 11) is 0. The third kappa shape index (κ3) is 1.94. The van der Waals surface area contributed by atoms with Gasteiger partial charge in [-0.1, -0.05) is 13.3 Å². The van der Waals surface area contributed by atoms with Gasteiger partial charge in [0.2, 0.25) is 0 Å². The maximum Gasteiger partial charge on any atom is 0.115 e. The van der Waals surface area contributed by atoms with E-state index in [2.05, 4.69) is 12.2 Å². The van der Waals surface area contributed by atoms with Gasteiger partial charge in [0, 0.05) is 6.04 Å². The van der Waals surface area contributed by atoms with Gasteiger partial charge in [-0.25, -0.2) is 4.39 Å². The first-order chi connectivity index (χ1) is 4.84. The van der Waals surface area contributed by atoms with Crippen molar-refractivity contribution in [2.24, 2.45) is 0 Å². The zero-order valence-electron chi connectivity index (χ0n) is 6.57. The van der Waals surface area contributed by atoms with Gasteiger partial charge in [-0.2, -0.15) is 0 Å². The van der Waals surface area contributed by atoms with E-state index in [0.29, 0.717) is 0 Å². The van der Waals surface area contributed by atoms with Crippen molar-refractivity contribution in [1.29, 1.82) is 0 Å². The molecule has 1 N–H and O–H groups in total. The monoisotopic (exact) mass is 145 g/mol. The van der Waals surface area contributed by atoms with E-state index < -0.39 is 6.17 Å². The molecule has 10 heavy (non-hydrogen) atoms. The molecule has 0 radical (unpaired) electrons. The second-order valence-corrected chi connectivity index (χ2v) is 3.01. The largest absolute Gasteiger partial charge is 0.311 e. The van der Waals surface area contributed by atoms with Crippen LogP contribution in [0.5, 0.6) is 0 Å². The fourth-order valence-electron chi connectivity index (χ4n) is 1.15. The summed E-state index contributed by atoms with van der Waals surface area (Å²) in [5.74, 6) is 0. The first-order valence-electron chi connectivity index (χ1n) is 4.22. The van der Waals surface area contributed by atoms with Crippen LogP contribution in [0.2, 0.25) is 0 Å². The van der Waals surface area contributed by atoms with E-state index >= 15 is 0 Å². The molecule has 0 heterocycles. The van der Waals surface area contributed by atoms with Gasteiger partial charge in [0.15, 0.2) is 0 Å². The molecule has 60 valence electrons. The molecular formula is C8H16FN. The molecule has 0 aromatic heterocycles. The van der Waals surface area contributed by atoms with Crippen molar-refractivity contribution in [3.05, 3.63) is 0 Å². The fraction of sp³-hybridized carbons (Fsp3) is 1.00. The van der Waals surface area contributed by atoms with Crippen LogP contribution < -0.4 is 5.32 Å². The molecule has 2 atom stereocenters. The molecule has 0 amide bonds. The Morgan fingerprint density at radius 3 is 2.70 bits per heavy atom. The molecule has 2 unspecified atom stereocenters. The minimum atomic E-state index is -0.558. The Labute approximate surface area is 62.0 Å². The Kier molecular flexibility index (Phi) is 3.13. The molecular weight excluding hydrogens is 129 g/mol. The molecule has 0 saturated heterocycles. The summed E-state index contributed by atoms with van der Waals surface area (Å²) in [6.45, 7) is 3.14. The van der Waals surface area contributed by atoms with Crippen LogP contribution in [0.3, 0.4) is 0 Å². The van der Waals surface area contributed by atoms with Crippen LogP contribution in [-0.2, 0) is 0 Å². The number of rotatable bonds is 4. The average Bonchev–Trinajstić information content (AvgIpc) is 1.95. The van der Waals surface area contributed by atoms with E-state index in [9.17, 15) is 4.39 Å². The third-order valence-electron chi connectivity index (χ3n) is 2.13. The van der Waals surface area contributed by atoms with Crippen molar-refractivity contribution in [2.75, 3.05) is 6.54 Å². The number of hydrogen-bond acceptors (Lipinski definition) is 1. The SMILES string of the molecule is CCCCNC1CCC1F. The van der Waals surface area contributed by atoms with E-state index in [-0.39, 0.29) is 6.04 Å². The van der Waals surface area contributed by atoms with Crippen LogP contribution in [0.15, 0.2) is 0 Å². The van der Waals surface area contributed by atoms with Crippen molar-refractivity contribution in [2.45, 2.75) is 44.8 Å². The van der Waals surface area contributed by atoms with Gasteiger partial charge in [0.1, 0.15) is 6.17 Å². The standard InChI is InChI=1S/C8H16FN/c1-2-3-6-10-8-5-4-7(8)9/h7-8,10H,2-6H2,1H3. The molecule has 0 aromatic rings. The van der Waals surface area contributed by atoms with E-state index in [1.807, 2.05) is 0 Å². The highest BCUT2D eigenvalue weighted by Crippen LogP contribution is 2.22. The molecule has 0 aromatic carbocycles. The van der Waals surface area contributed by atoms with Crippen molar-refractivity contribution in [3.63, 3.8) is 0 Å². The van der Waals surface area contributed by atoms with Crippen LogP contribution in [0.25, 0.3) is 0 Å². The predicted octanol–water partition coefficient (Wildman–Crippen LogP) is 1.88. The molecule has 2 heteroatoms. The number of hydrogen-bond donors (Lipinski definition) is 1. The molecule has 1 saturated carbocycles. The third-order valence-corrected chi connectivity index (χ3v) is 2.13. The van der Waals surface area contributed by atoms with Gasteiger partial charge in [-0.05, 0) is 25.8 Å². The van der Waals surface area contributed by atoms with Crippen molar-refractivity contribution < 1.29 is 4.39 Å². The Hall–Kier alpha value is -0.110. The highest BCUT2D eigenvalue weighted by molar-refractivity contribution is 4.86. The lowest BCUT2D eigenvalue weighted by molar-refractivity contribution is 0.142. The van der Waals surface area contributed by atoms with E-state index in [1.54, 1.807) is 0 Å². The van der Waals surface area contributed by atoms with Crippen molar-refractivity contribution in [3.8, 4) is 0 Å². The molecule has 0 bridgehead atoms. The topological polar surface area (TPSA) is 12.0 Å². The minimum Gasteiger partial charge on any atom is -0.311 e. The highest BCUT2D eigenvalue weighted by atomic mass is 19.1. The fourth-order valence-corrected chi connectivity index (χ4v) is 1.15. The second-order valence-electron chi connectivity index (χ2n) is 3.01. The Morgan fingerprint density at radius 2 is 2.30 bits per heavy atom. The summed E-state index contributed by atoms with van der Waals surface area (Å²) in [6, 6.07) is 0.187. The zero-order valence-corrected chi connectivity index (χ0v) is 6.57. The van der Waals surface area contributed by atoms with Crippen molar-refractivity contribution >= 4 is 0 Å². The van der Waals surface area contributed by atoms with Gasteiger partial charge >= 0.3 is 0 Å².